The zero-order chi connectivity index (χ0) is 21.3. The second-order valence-corrected chi connectivity index (χ2v) is 11.4. The zero-order valence-corrected chi connectivity index (χ0v) is 18.3. The third-order valence-electron chi connectivity index (χ3n) is 7.08. The van der Waals surface area contributed by atoms with Crippen molar-refractivity contribution >= 4 is 15.7 Å². The van der Waals surface area contributed by atoms with Crippen LogP contribution < -0.4 is 16.0 Å². The molecule has 1 aromatic rings. The van der Waals surface area contributed by atoms with Gasteiger partial charge >= 0.3 is 0 Å². The highest BCUT2D eigenvalue weighted by Crippen LogP contribution is 2.33. The van der Waals surface area contributed by atoms with Crippen molar-refractivity contribution in [3.8, 4) is 0 Å². The monoisotopic (exact) mass is 437 g/mol. The van der Waals surface area contributed by atoms with Gasteiger partial charge in [0.05, 0.1) is 16.2 Å². The summed E-state index contributed by atoms with van der Waals surface area (Å²) in [6.45, 7) is 4.14. The van der Waals surface area contributed by atoms with Gasteiger partial charge in [-0.25, -0.2) is 12.8 Å². The number of carbonyl (C=O) groups is 1. The van der Waals surface area contributed by atoms with E-state index >= 15 is 0 Å². The lowest BCUT2D eigenvalue weighted by atomic mass is 9.89. The molecule has 1 aliphatic carbocycles. The van der Waals surface area contributed by atoms with Gasteiger partial charge in [0.25, 0.3) is 0 Å². The summed E-state index contributed by atoms with van der Waals surface area (Å²) in [6.07, 6.45) is 2.02. The molecular formula is C22H32FN3O3S. The first-order valence-electron chi connectivity index (χ1n) is 11.1. The summed E-state index contributed by atoms with van der Waals surface area (Å²) in [7, 11) is -3.54. The van der Waals surface area contributed by atoms with Crippen LogP contribution in [0.5, 0.6) is 0 Å². The first-order valence-corrected chi connectivity index (χ1v) is 12.6. The smallest absolute Gasteiger partial charge is 0.237 e. The van der Waals surface area contributed by atoms with E-state index in [1.807, 2.05) is 6.92 Å². The van der Waals surface area contributed by atoms with Crippen molar-refractivity contribution in [1.29, 1.82) is 0 Å². The lowest BCUT2D eigenvalue weighted by Gasteiger charge is -2.29. The maximum absolute atomic E-state index is 14.0. The fourth-order valence-electron chi connectivity index (χ4n) is 5.02. The third-order valence-corrected chi connectivity index (χ3v) is 9.32. The van der Waals surface area contributed by atoms with Crippen LogP contribution in [0.1, 0.15) is 44.6 Å². The van der Waals surface area contributed by atoms with E-state index in [0.29, 0.717) is 31.3 Å². The Morgan fingerprint density at radius 1 is 1.17 bits per heavy atom. The number of halogens is 1. The second kappa shape index (κ2) is 8.93. The average Bonchev–Trinajstić information content (AvgIpc) is 3.18. The van der Waals surface area contributed by atoms with Gasteiger partial charge in [0.15, 0.2) is 9.84 Å². The second-order valence-electron chi connectivity index (χ2n) is 9.15. The van der Waals surface area contributed by atoms with Gasteiger partial charge < -0.3 is 16.0 Å². The quantitative estimate of drug-likeness (QED) is 0.655. The standard InChI is InChI=1S/C22H32FN3O3S/c1-14-2-5-18(11-19(14)23)30(28,29)17-6-3-15(4-7-17)12-25-22(27)21-10-16-13-24-9-8-20(16)26-21/h3-4,6-7,14,16,18-21,24,26H,2,5,8-13H2,1H3,(H,25,27). The zero-order valence-electron chi connectivity index (χ0n) is 17.4. The van der Waals surface area contributed by atoms with Gasteiger partial charge in [-0.3, -0.25) is 4.79 Å². The van der Waals surface area contributed by atoms with Crippen molar-refractivity contribution in [2.24, 2.45) is 11.8 Å². The van der Waals surface area contributed by atoms with Crippen LogP contribution in [0.4, 0.5) is 4.39 Å². The Morgan fingerprint density at radius 3 is 2.63 bits per heavy atom. The summed E-state index contributed by atoms with van der Waals surface area (Å²) >= 11 is 0. The maximum Gasteiger partial charge on any atom is 0.237 e. The van der Waals surface area contributed by atoms with Crippen LogP contribution in [0, 0.1) is 11.8 Å². The summed E-state index contributed by atoms with van der Waals surface area (Å²) in [6, 6.07) is 6.88. The SMILES string of the molecule is CC1CCC(S(=O)(=O)c2ccc(CNC(=O)C3CC4CNCCC4N3)cc2)CC1F. The Kier molecular flexibility index (Phi) is 6.46. The molecule has 1 aromatic carbocycles. The molecule has 0 spiro atoms. The molecule has 0 bridgehead atoms. The molecule has 6 unspecified atom stereocenters. The number of fused-ring (bicyclic) bond motifs is 1. The number of carbonyl (C=O) groups excluding carboxylic acids is 1. The van der Waals surface area contributed by atoms with Gasteiger partial charge in [0.1, 0.15) is 6.17 Å². The topological polar surface area (TPSA) is 87.3 Å². The summed E-state index contributed by atoms with van der Waals surface area (Å²) < 4.78 is 39.8. The van der Waals surface area contributed by atoms with Gasteiger partial charge in [0.2, 0.25) is 5.91 Å². The van der Waals surface area contributed by atoms with E-state index in [4.69, 9.17) is 0 Å². The van der Waals surface area contributed by atoms with Gasteiger partial charge in [-0.15, -0.1) is 0 Å². The highest BCUT2D eigenvalue weighted by Gasteiger charge is 2.38. The number of rotatable bonds is 5. The normalized spacial score (nSPS) is 34.3. The number of piperidine rings is 1. The number of sulfone groups is 1. The van der Waals surface area contributed by atoms with E-state index in [0.717, 1.165) is 31.5 Å². The molecular weight excluding hydrogens is 405 g/mol. The predicted octanol–water partition coefficient (Wildman–Crippen LogP) is 1.94. The molecule has 1 saturated carbocycles. The molecule has 0 radical (unpaired) electrons. The third kappa shape index (κ3) is 4.55. The molecule has 3 aliphatic rings. The molecule has 8 heteroatoms. The molecule has 6 nitrogen and oxygen atoms in total. The Morgan fingerprint density at radius 2 is 1.93 bits per heavy atom. The van der Waals surface area contributed by atoms with Crippen LogP contribution in [0.2, 0.25) is 0 Å². The lowest BCUT2D eigenvalue weighted by Crippen LogP contribution is -2.45. The highest BCUT2D eigenvalue weighted by atomic mass is 32.2. The van der Waals surface area contributed by atoms with E-state index in [-0.39, 0.29) is 29.2 Å². The van der Waals surface area contributed by atoms with Crippen molar-refractivity contribution in [3.05, 3.63) is 29.8 Å². The molecule has 3 N–H and O–H groups in total. The Hall–Kier alpha value is -1.51. The van der Waals surface area contributed by atoms with E-state index in [1.54, 1.807) is 24.3 Å². The van der Waals surface area contributed by atoms with E-state index in [1.165, 1.54) is 0 Å². The molecule has 166 valence electrons. The molecule has 2 saturated heterocycles. The van der Waals surface area contributed by atoms with Crippen molar-refractivity contribution in [2.75, 3.05) is 13.1 Å². The molecule has 6 atom stereocenters. The highest BCUT2D eigenvalue weighted by molar-refractivity contribution is 7.92. The number of nitrogens with one attached hydrogen (secondary N) is 3. The van der Waals surface area contributed by atoms with E-state index in [9.17, 15) is 17.6 Å². The fraction of sp³-hybridized carbons (Fsp3) is 0.682. The van der Waals surface area contributed by atoms with Crippen LogP contribution >= 0.6 is 0 Å². The van der Waals surface area contributed by atoms with E-state index < -0.39 is 21.3 Å². The van der Waals surface area contributed by atoms with Crippen LogP contribution in [0.15, 0.2) is 29.2 Å². The van der Waals surface area contributed by atoms with Crippen LogP contribution in [0.25, 0.3) is 0 Å². The predicted molar refractivity (Wildman–Crippen MR) is 113 cm³/mol. The van der Waals surface area contributed by atoms with Gasteiger partial charge in [-0.05, 0) is 74.7 Å². The number of hydrogen-bond donors (Lipinski definition) is 3. The lowest BCUT2D eigenvalue weighted by molar-refractivity contribution is -0.123. The first kappa shape index (κ1) is 21.7. The largest absolute Gasteiger partial charge is 0.351 e. The minimum absolute atomic E-state index is 0.00795. The van der Waals surface area contributed by atoms with E-state index in [2.05, 4.69) is 16.0 Å². The molecule has 0 aromatic heterocycles. The fourth-order valence-corrected chi connectivity index (χ4v) is 6.80. The molecule has 30 heavy (non-hydrogen) atoms. The van der Waals surface area contributed by atoms with Gasteiger partial charge in [0, 0.05) is 12.6 Å². The molecule has 3 fully saturated rings. The minimum atomic E-state index is -3.54. The molecule has 1 amide bonds. The van der Waals surface area contributed by atoms with Crippen molar-refractivity contribution < 1.29 is 17.6 Å². The van der Waals surface area contributed by atoms with Crippen molar-refractivity contribution in [1.82, 2.24) is 16.0 Å². The van der Waals surface area contributed by atoms with Gasteiger partial charge in [-0.1, -0.05) is 19.1 Å². The Bertz CT molecular complexity index is 847. The minimum Gasteiger partial charge on any atom is -0.351 e. The van der Waals surface area contributed by atoms with Crippen LogP contribution in [-0.4, -0.2) is 50.9 Å². The van der Waals surface area contributed by atoms with Gasteiger partial charge in [-0.2, -0.15) is 0 Å². The van der Waals surface area contributed by atoms with Crippen molar-refractivity contribution in [2.45, 2.75) is 74.0 Å². The van der Waals surface area contributed by atoms with Crippen LogP contribution in [-0.2, 0) is 21.2 Å². The summed E-state index contributed by atoms with van der Waals surface area (Å²) in [5, 5.41) is 9.13. The molecule has 2 heterocycles. The number of alkyl halides is 1. The van der Waals surface area contributed by atoms with Crippen molar-refractivity contribution in [3.63, 3.8) is 0 Å². The summed E-state index contributed by atoms with van der Waals surface area (Å²) in [5.74, 6) is 0.425. The number of hydrogen-bond acceptors (Lipinski definition) is 5. The Labute approximate surface area is 178 Å². The number of amides is 1. The molecule has 4 rings (SSSR count). The average molecular weight is 438 g/mol. The summed E-state index contributed by atoms with van der Waals surface area (Å²) in [5.41, 5.74) is 0.847. The van der Waals surface area contributed by atoms with Crippen LogP contribution in [0.3, 0.4) is 0 Å². The number of benzene rings is 1. The first-order chi connectivity index (χ1) is 14.3. The maximum atomic E-state index is 14.0. The molecule has 2 aliphatic heterocycles. The summed E-state index contributed by atoms with van der Waals surface area (Å²) in [4.78, 5) is 12.8. The Balaban J connectivity index is 1.32.